The Kier molecular flexibility index (Phi) is 6.84. The molecule has 3 aliphatic rings. The molecular formula is C28H32N4O3. The Morgan fingerprint density at radius 1 is 0.857 bits per heavy atom. The van der Waals surface area contributed by atoms with Gasteiger partial charge in [0.25, 0.3) is 0 Å². The number of urea groups is 1. The number of allylic oxidation sites excluding steroid dienone is 1. The third-order valence-corrected chi connectivity index (χ3v) is 7.33. The maximum absolute atomic E-state index is 12.7. The van der Waals surface area contributed by atoms with Gasteiger partial charge in [-0.05, 0) is 74.1 Å². The van der Waals surface area contributed by atoms with Crippen molar-refractivity contribution in [3.8, 4) is 0 Å². The van der Waals surface area contributed by atoms with Gasteiger partial charge in [0.2, 0.25) is 5.91 Å². The summed E-state index contributed by atoms with van der Waals surface area (Å²) >= 11 is 0. The summed E-state index contributed by atoms with van der Waals surface area (Å²) in [7, 11) is 0. The zero-order valence-electron chi connectivity index (χ0n) is 20.0. The van der Waals surface area contributed by atoms with Crippen LogP contribution in [0.5, 0.6) is 0 Å². The van der Waals surface area contributed by atoms with E-state index in [1.54, 1.807) is 4.90 Å². The summed E-state index contributed by atoms with van der Waals surface area (Å²) in [4.78, 5) is 43.8. The Balaban J connectivity index is 1.12. The average Bonchev–Trinajstić information content (AvgIpc) is 2.92. The fourth-order valence-corrected chi connectivity index (χ4v) is 5.25. The first kappa shape index (κ1) is 23.1. The molecule has 182 valence electrons. The van der Waals surface area contributed by atoms with Gasteiger partial charge in [0.1, 0.15) is 0 Å². The Morgan fingerprint density at radius 2 is 1.57 bits per heavy atom. The third-order valence-electron chi connectivity index (χ3n) is 7.33. The van der Waals surface area contributed by atoms with Crippen LogP contribution in [0.15, 0.2) is 60.7 Å². The van der Waals surface area contributed by atoms with Crippen molar-refractivity contribution >= 4 is 29.1 Å². The van der Waals surface area contributed by atoms with Crippen molar-refractivity contribution in [2.24, 2.45) is 0 Å². The van der Waals surface area contributed by atoms with Gasteiger partial charge >= 0.3 is 6.03 Å². The van der Waals surface area contributed by atoms with Crippen molar-refractivity contribution in [2.75, 3.05) is 36.4 Å². The van der Waals surface area contributed by atoms with E-state index in [4.69, 9.17) is 0 Å². The number of likely N-dealkylation sites (tertiary alicyclic amines) is 1. The first-order chi connectivity index (χ1) is 17.1. The summed E-state index contributed by atoms with van der Waals surface area (Å²) in [5, 5.41) is 2.97. The van der Waals surface area contributed by atoms with Crippen LogP contribution in [-0.2, 0) is 11.3 Å². The molecule has 1 N–H and O–H groups in total. The summed E-state index contributed by atoms with van der Waals surface area (Å²) in [5.74, 6) is -0.322. The van der Waals surface area contributed by atoms with E-state index in [0.717, 1.165) is 42.9 Å². The Morgan fingerprint density at radius 3 is 2.31 bits per heavy atom. The van der Waals surface area contributed by atoms with E-state index in [2.05, 4.69) is 10.2 Å². The highest BCUT2D eigenvalue weighted by atomic mass is 16.2. The fourth-order valence-electron chi connectivity index (χ4n) is 5.25. The van der Waals surface area contributed by atoms with Gasteiger partial charge in [-0.25, -0.2) is 4.79 Å². The number of carbonyl (C=O) groups excluding carboxylic acids is 3. The molecular weight excluding hydrogens is 440 g/mol. The van der Waals surface area contributed by atoms with Crippen LogP contribution < -0.4 is 10.2 Å². The maximum Gasteiger partial charge on any atom is 0.322 e. The predicted molar refractivity (Wildman–Crippen MR) is 137 cm³/mol. The van der Waals surface area contributed by atoms with E-state index in [1.165, 1.54) is 31.4 Å². The van der Waals surface area contributed by atoms with Gasteiger partial charge in [-0.2, -0.15) is 0 Å². The van der Waals surface area contributed by atoms with E-state index < -0.39 is 0 Å². The number of nitrogens with one attached hydrogen (secondary N) is 1. The van der Waals surface area contributed by atoms with Gasteiger partial charge in [0, 0.05) is 61.8 Å². The predicted octanol–water partition coefficient (Wildman–Crippen LogP) is 4.45. The minimum Gasteiger partial charge on any atom is -0.372 e. The Hall–Kier alpha value is -3.61. The minimum absolute atomic E-state index is 0.0784. The number of nitrogens with zero attached hydrogens (tertiary/aromatic N) is 3. The molecule has 2 fully saturated rings. The van der Waals surface area contributed by atoms with Gasteiger partial charge < -0.3 is 20.0 Å². The number of ketones is 1. The number of piperidine rings is 2. The second-order valence-corrected chi connectivity index (χ2v) is 9.56. The van der Waals surface area contributed by atoms with Crippen LogP contribution in [0.3, 0.4) is 0 Å². The molecule has 5 rings (SSSR count). The number of carbonyl (C=O) groups is 3. The van der Waals surface area contributed by atoms with Crippen LogP contribution in [-0.4, -0.2) is 59.7 Å². The van der Waals surface area contributed by atoms with Crippen molar-refractivity contribution in [2.45, 2.75) is 44.7 Å². The molecule has 2 aromatic carbocycles. The lowest BCUT2D eigenvalue weighted by Crippen LogP contribution is -2.50. The van der Waals surface area contributed by atoms with Crippen molar-refractivity contribution < 1.29 is 14.4 Å². The smallest absolute Gasteiger partial charge is 0.322 e. The molecule has 0 aromatic heterocycles. The van der Waals surface area contributed by atoms with E-state index in [-0.39, 0.29) is 23.8 Å². The molecule has 7 nitrogen and oxygen atoms in total. The van der Waals surface area contributed by atoms with Crippen LogP contribution in [0.2, 0.25) is 0 Å². The number of para-hydroxylation sites is 1. The SMILES string of the molecule is O=C(C=CC(=O)N1CCC(N2Cc3ccccc3NC2=O)CC1)c1ccc(N2CCCCC2)cc1. The van der Waals surface area contributed by atoms with E-state index >= 15 is 0 Å². The van der Waals surface area contributed by atoms with E-state index in [9.17, 15) is 14.4 Å². The molecule has 0 spiro atoms. The van der Waals surface area contributed by atoms with Gasteiger partial charge in [0.05, 0.1) is 0 Å². The molecule has 0 atom stereocenters. The molecule has 3 aliphatic heterocycles. The third kappa shape index (κ3) is 5.24. The molecule has 3 amide bonds. The molecule has 0 aliphatic carbocycles. The Bertz CT molecular complexity index is 1110. The molecule has 0 unspecified atom stereocenters. The van der Waals surface area contributed by atoms with Gasteiger partial charge in [-0.15, -0.1) is 0 Å². The van der Waals surface area contributed by atoms with Crippen LogP contribution in [0, 0.1) is 0 Å². The summed E-state index contributed by atoms with van der Waals surface area (Å²) in [6.07, 6.45) is 7.90. The van der Waals surface area contributed by atoms with E-state index in [1.807, 2.05) is 53.4 Å². The highest BCUT2D eigenvalue weighted by Crippen LogP contribution is 2.27. The highest BCUT2D eigenvalue weighted by molar-refractivity contribution is 6.07. The Labute approximate surface area is 206 Å². The molecule has 0 bridgehead atoms. The number of benzene rings is 2. The van der Waals surface area contributed by atoms with Crippen LogP contribution in [0.25, 0.3) is 0 Å². The summed E-state index contributed by atoms with van der Waals surface area (Å²) in [6.45, 7) is 3.85. The minimum atomic E-state index is -0.165. The lowest BCUT2D eigenvalue weighted by molar-refractivity contribution is -0.127. The van der Waals surface area contributed by atoms with Gasteiger partial charge in [0.15, 0.2) is 5.78 Å². The van der Waals surface area contributed by atoms with Crippen LogP contribution in [0.1, 0.15) is 48.0 Å². The van der Waals surface area contributed by atoms with E-state index in [0.29, 0.717) is 25.2 Å². The average molecular weight is 473 g/mol. The van der Waals surface area contributed by atoms with Crippen molar-refractivity contribution in [3.63, 3.8) is 0 Å². The summed E-state index contributed by atoms with van der Waals surface area (Å²) in [6, 6.07) is 15.5. The number of rotatable bonds is 5. The standard InChI is InChI=1S/C28H32N4O3/c33-26(21-8-10-23(11-9-21)30-16-4-1-5-17-30)12-13-27(34)31-18-14-24(15-19-31)32-20-22-6-2-3-7-25(22)29-28(32)35/h2-3,6-13,24H,1,4-5,14-20H2,(H,29,35). The van der Waals surface area contributed by atoms with Gasteiger partial charge in [-0.3, -0.25) is 9.59 Å². The molecule has 7 heteroatoms. The first-order valence-corrected chi connectivity index (χ1v) is 12.6. The van der Waals surface area contributed by atoms with Gasteiger partial charge in [-0.1, -0.05) is 18.2 Å². The van der Waals surface area contributed by atoms with Crippen molar-refractivity contribution in [3.05, 3.63) is 71.8 Å². The quantitative estimate of drug-likeness (QED) is 0.515. The van der Waals surface area contributed by atoms with Crippen LogP contribution in [0.4, 0.5) is 16.2 Å². The summed E-state index contributed by atoms with van der Waals surface area (Å²) < 4.78 is 0. The van der Waals surface area contributed by atoms with Crippen molar-refractivity contribution in [1.82, 2.24) is 9.80 Å². The summed E-state index contributed by atoms with van der Waals surface area (Å²) in [5.41, 5.74) is 3.72. The normalized spacial score (nSPS) is 19.0. The fraction of sp³-hybridized carbons (Fsp3) is 0.393. The lowest BCUT2D eigenvalue weighted by atomic mass is 10.0. The zero-order chi connectivity index (χ0) is 24.2. The number of amides is 3. The second-order valence-electron chi connectivity index (χ2n) is 9.56. The van der Waals surface area contributed by atoms with Crippen molar-refractivity contribution in [1.29, 1.82) is 0 Å². The lowest BCUT2D eigenvalue weighted by Gasteiger charge is -2.40. The topological polar surface area (TPSA) is 73.0 Å². The first-order valence-electron chi connectivity index (χ1n) is 12.6. The largest absolute Gasteiger partial charge is 0.372 e. The maximum atomic E-state index is 12.7. The molecule has 3 heterocycles. The molecule has 35 heavy (non-hydrogen) atoms. The second kappa shape index (κ2) is 10.3. The number of hydrogen-bond donors (Lipinski definition) is 1. The monoisotopic (exact) mass is 472 g/mol. The molecule has 0 saturated carbocycles. The molecule has 2 aromatic rings. The number of fused-ring (bicyclic) bond motifs is 1. The zero-order valence-corrected chi connectivity index (χ0v) is 20.0. The van der Waals surface area contributed by atoms with Crippen LogP contribution >= 0.6 is 0 Å². The number of hydrogen-bond acceptors (Lipinski definition) is 4. The highest BCUT2D eigenvalue weighted by Gasteiger charge is 2.32. The number of anilines is 2. The molecule has 2 saturated heterocycles. The molecule has 0 radical (unpaired) electrons.